The lowest BCUT2D eigenvalue weighted by atomic mass is 10.1. The fourth-order valence-electron chi connectivity index (χ4n) is 3.08. The van der Waals surface area contributed by atoms with Crippen molar-refractivity contribution in [3.8, 4) is 5.75 Å². The molecule has 3 rings (SSSR count). The van der Waals surface area contributed by atoms with Crippen molar-refractivity contribution in [3.63, 3.8) is 0 Å². The standard InChI is InChI=1S/C25H29BrN4O5/c1-3-24(31)30-22-15-20-21(27-17-28-25(20)29-19-7-5-6-18(26)14-19)16-23(22)35-13-12-34-11-10-33-9-8-32-4-2/h3,5-7,14-17H,1,4,8-13H2,2H3,(H,30,31)(H,27,28,29). The van der Waals surface area contributed by atoms with Gasteiger partial charge in [-0.15, -0.1) is 0 Å². The van der Waals surface area contributed by atoms with Crippen molar-refractivity contribution in [2.45, 2.75) is 6.92 Å². The highest BCUT2D eigenvalue weighted by Gasteiger charge is 2.13. The van der Waals surface area contributed by atoms with Crippen LogP contribution in [0.25, 0.3) is 10.9 Å². The van der Waals surface area contributed by atoms with Gasteiger partial charge < -0.3 is 29.6 Å². The minimum Gasteiger partial charge on any atom is -0.489 e. The number of halogens is 1. The Morgan fingerprint density at radius 2 is 1.77 bits per heavy atom. The van der Waals surface area contributed by atoms with E-state index in [1.807, 2.05) is 31.2 Å². The molecule has 0 aliphatic heterocycles. The average molecular weight is 545 g/mol. The van der Waals surface area contributed by atoms with E-state index in [2.05, 4.69) is 43.1 Å². The van der Waals surface area contributed by atoms with Gasteiger partial charge in [0.05, 0.1) is 44.2 Å². The molecule has 1 aromatic heterocycles. The van der Waals surface area contributed by atoms with Crippen LogP contribution in [-0.4, -0.2) is 62.1 Å². The number of rotatable bonds is 15. The van der Waals surface area contributed by atoms with Crippen LogP contribution in [0.2, 0.25) is 0 Å². The maximum Gasteiger partial charge on any atom is 0.247 e. The van der Waals surface area contributed by atoms with E-state index in [1.54, 1.807) is 12.1 Å². The third-order valence-corrected chi connectivity index (χ3v) is 5.19. The molecule has 186 valence electrons. The van der Waals surface area contributed by atoms with Gasteiger partial charge in [0.25, 0.3) is 0 Å². The predicted molar refractivity (Wildman–Crippen MR) is 139 cm³/mol. The molecule has 0 aliphatic rings. The first-order valence-corrected chi connectivity index (χ1v) is 12.0. The Hall–Kier alpha value is -3.05. The molecular formula is C25H29BrN4O5. The Kier molecular flexibility index (Phi) is 10.9. The summed E-state index contributed by atoms with van der Waals surface area (Å²) in [5, 5.41) is 6.81. The van der Waals surface area contributed by atoms with Crippen LogP contribution < -0.4 is 15.4 Å². The van der Waals surface area contributed by atoms with E-state index in [1.165, 1.54) is 12.4 Å². The van der Waals surface area contributed by atoms with Crippen LogP contribution in [0.3, 0.4) is 0 Å². The van der Waals surface area contributed by atoms with E-state index in [4.69, 9.17) is 18.9 Å². The van der Waals surface area contributed by atoms with E-state index >= 15 is 0 Å². The normalized spacial score (nSPS) is 10.8. The van der Waals surface area contributed by atoms with Crippen LogP contribution in [0, 0.1) is 0 Å². The molecule has 1 amide bonds. The summed E-state index contributed by atoms with van der Waals surface area (Å²) in [5.74, 6) is 0.714. The van der Waals surface area contributed by atoms with Crippen LogP contribution in [0.4, 0.5) is 17.2 Å². The number of hydrogen-bond donors (Lipinski definition) is 2. The smallest absolute Gasteiger partial charge is 0.247 e. The molecule has 10 heteroatoms. The van der Waals surface area contributed by atoms with Crippen molar-refractivity contribution in [3.05, 3.63) is 59.9 Å². The van der Waals surface area contributed by atoms with Crippen molar-refractivity contribution < 1.29 is 23.7 Å². The highest BCUT2D eigenvalue weighted by molar-refractivity contribution is 9.10. The third kappa shape index (κ3) is 8.59. The maximum absolute atomic E-state index is 12.0. The number of benzene rings is 2. The summed E-state index contributed by atoms with van der Waals surface area (Å²) in [6.07, 6.45) is 2.67. The van der Waals surface area contributed by atoms with Crippen molar-refractivity contribution >= 4 is 49.9 Å². The average Bonchev–Trinajstić information content (AvgIpc) is 2.85. The summed E-state index contributed by atoms with van der Waals surface area (Å²) in [6, 6.07) is 11.3. The Balaban J connectivity index is 1.67. The molecule has 0 fully saturated rings. The topological polar surface area (TPSA) is 104 Å². The molecule has 0 spiro atoms. The van der Waals surface area contributed by atoms with Gasteiger partial charge in [-0.3, -0.25) is 4.79 Å². The first-order valence-electron chi connectivity index (χ1n) is 11.2. The van der Waals surface area contributed by atoms with Crippen molar-refractivity contribution in [2.75, 3.05) is 56.9 Å². The minimum absolute atomic E-state index is 0.287. The third-order valence-electron chi connectivity index (χ3n) is 4.70. The van der Waals surface area contributed by atoms with Gasteiger partial charge in [0.2, 0.25) is 5.91 Å². The van der Waals surface area contributed by atoms with Gasteiger partial charge in [0.1, 0.15) is 24.5 Å². The zero-order valence-corrected chi connectivity index (χ0v) is 21.2. The molecule has 0 atom stereocenters. The Morgan fingerprint density at radius 3 is 2.49 bits per heavy atom. The highest BCUT2D eigenvalue weighted by Crippen LogP contribution is 2.33. The molecule has 2 N–H and O–H groups in total. The minimum atomic E-state index is -0.354. The summed E-state index contributed by atoms with van der Waals surface area (Å²) < 4.78 is 23.0. The zero-order valence-electron chi connectivity index (χ0n) is 19.6. The number of fused-ring (bicyclic) bond motifs is 1. The highest BCUT2D eigenvalue weighted by atomic mass is 79.9. The van der Waals surface area contributed by atoms with Crippen molar-refractivity contribution in [2.24, 2.45) is 0 Å². The molecule has 0 saturated heterocycles. The van der Waals surface area contributed by atoms with Gasteiger partial charge in [-0.25, -0.2) is 9.97 Å². The van der Waals surface area contributed by atoms with E-state index in [9.17, 15) is 4.79 Å². The number of ether oxygens (including phenoxy) is 4. The number of anilines is 3. The van der Waals surface area contributed by atoms with E-state index in [0.717, 1.165) is 15.5 Å². The fraction of sp³-hybridized carbons (Fsp3) is 0.320. The lowest BCUT2D eigenvalue weighted by Crippen LogP contribution is -2.14. The summed E-state index contributed by atoms with van der Waals surface area (Å²) in [6.45, 7) is 8.84. The van der Waals surface area contributed by atoms with E-state index in [-0.39, 0.29) is 12.5 Å². The number of hydrogen-bond acceptors (Lipinski definition) is 8. The lowest BCUT2D eigenvalue weighted by molar-refractivity contribution is -0.111. The zero-order chi connectivity index (χ0) is 24.9. The van der Waals surface area contributed by atoms with Gasteiger partial charge in [0, 0.05) is 28.2 Å². The molecular weight excluding hydrogens is 516 g/mol. The number of carbonyl (C=O) groups excluding carboxylic acids is 1. The summed E-state index contributed by atoms with van der Waals surface area (Å²) in [7, 11) is 0. The van der Waals surface area contributed by atoms with Crippen LogP contribution in [0.5, 0.6) is 5.75 Å². The monoisotopic (exact) mass is 544 g/mol. The van der Waals surface area contributed by atoms with E-state index in [0.29, 0.717) is 62.4 Å². The van der Waals surface area contributed by atoms with Crippen LogP contribution in [0.1, 0.15) is 6.92 Å². The fourth-order valence-corrected chi connectivity index (χ4v) is 3.48. The summed E-state index contributed by atoms with van der Waals surface area (Å²) in [4.78, 5) is 20.8. The molecule has 9 nitrogen and oxygen atoms in total. The molecule has 1 heterocycles. The Bertz CT molecular complexity index is 1130. The lowest BCUT2D eigenvalue weighted by Gasteiger charge is -2.15. The molecule has 0 radical (unpaired) electrons. The van der Waals surface area contributed by atoms with Gasteiger partial charge in [-0.1, -0.05) is 28.6 Å². The molecule has 0 aliphatic carbocycles. The maximum atomic E-state index is 12.0. The van der Waals surface area contributed by atoms with Gasteiger partial charge in [-0.05, 0) is 37.3 Å². The van der Waals surface area contributed by atoms with Crippen LogP contribution >= 0.6 is 15.9 Å². The Labute approximate surface area is 213 Å². The van der Waals surface area contributed by atoms with Crippen LogP contribution in [-0.2, 0) is 19.0 Å². The molecule has 0 unspecified atom stereocenters. The van der Waals surface area contributed by atoms with Gasteiger partial charge in [-0.2, -0.15) is 0 Å². The van der Waals surface area contributed by atoms with Crippen LogP contribution in [0.15, 0.2) is 59.9 Å². The van der Waals surface area contributed by atoms with E-state index < -0.39 is 0 Å². The second-order valence-electron chi connectivity index (χ2n) is 7.19. The second-order valence-corrected chi connectivity index (χ2v) is 8.10. The second kappa shape index (κ2) is 14.4. The summed E-state index contributed by atoms with van der Waals surface area (Å²) >= 11 is 3.47. The number of nitrogens with one attached hydrogen (secondary N) is 2. The number of nitrogens with zero attached hydrogens (tertiary/aromatic N) is 2. The van der Waals surface area contributed by atoms with Crippen molar-refractivity contribution in [1.82, 2.24) is 9.97 Å². The SMILES string of the molecule is C=CC(=O)Nc1cc2c(Nc3cccc(Br)c3)ncnc2cc1OCCOCCOCCOCC. The molecule has 0 saturated carbocycles. The Morgan fingerprint density at radius 1 is 1.03 bits per heavy atom. The molecule has 35 heavy (non-hydrogen) atoms. The van der Waals surface area contributed by atoms with Gasteiger partial charge in [0.15, 0.2) is 0 Å². The predicted octanol–water partition coefficient (Wildman–Crippen LogP) is 4.71. The largest absolute Gasteiger partial charge is 0.489 e. The molecule has 2 aromatic carbocycles. The molecule has 3 aromatic rings. The summed E-state index contributed by atoms with van der Waals surface area (Å²) in [5.41, 5.74) is 2.00. The first kappa shape index (κ1) is 26.6. The quantitative estimate of drug-likeness (QED) is 0.209. The number of carbonyl (C=O) groups is 1. The van der Waals surface area contributed by atoms with Crippen molar-refractivity contribution in [1.29, 1.82) is 0 Å². The number of aromatic nitrogens is 2. The first-order chi connectivity index (χ1) is 17.1. The molecule has 0 bridgehead atoms. The van der Waals surface area contributed by atoms with Gasteiger partial charge >= 0.3 is 0 Å². The number of amides is 1.